The number of fused-ring (bicyclic) bond motifs is 2. The van der Waals surface area contributed by atoms with E-state index in [9.17, 15) is 9.59 Å². The van der Waals surface area contributed by atoms with Gasteiger partial charge in [-0.15, -0.1) is 0 Å². The SMILES string of the molecule is CC[C@@H](NC(=O)NCC1CC2CCC1C2)C(=O)O. The quantitative estimate of drug-likeness (QED) is 0.697. The van der Waals surface area contributed by atoms with Crippen molar-refractivity contribution in [2.75, 3.05) is 6.54 Å². The van der Waals surface area contributed by atoms with Crippen LogP contribution in [0.2, 0.25) is 0 Å². The molecule has 0 saturated heterocycles. The molecular formula is C13H22N2O3. The molecule has 102 valence electrons. The van der Waals surface area contributed by atoms with Crippen LogP contribution < -0.4 is 10.6 Å². The Bertz CT molecular complexity index is 332. The summed E-state index contributed by atoms with van der Waals surface area (Å²) in [6.45, 7) is 2.43. The van der Waals surface area contributed by atoms with Crippen LogP contribution >= 0.6 is 0 Å². The number of nitrogens with one attached hydrogen (secondary N) is 2. The number of carboxylic acids is 1. The molecule has 2 amide bonds. The van der Waals surface area contributed by atoms with Crippen molar-refractivity contribution >= 4 is 12.0 Å². The van der Waals surface area contributed by atoms with Crippen molar-refractivity contribution in [3.05, 3.63) is 0 Å². The van der Waals surface area contributed by atoms with E-state index in [1.807, 2.05) is 0 Å². The van der Waals surface area contributed by atoms with E-state index in [2.05, 4.69) is 10.6 Å². The second kappa shape index (κ2) is 5.59. The van der Waals surface area contributed by atoms with Gasteiger partial charge < -0.3 is 15.7 Å². The molecule has 0 heterocycles. The van der Waals surface area contributed by atoms with Crippen molar-refractivity contribution < 1.29 is 14.7 Å². The predicted octanol–water partition coefficient (Wildman–Crippen LogP) is 1.58. The van der Waals surface area contributed by atoms with Crippen LogP contribution in [0, 0.1) is 17.8 Å². The maximum Gasteiger partial charge on any atom is 0.326 e. The third-order valence-electron chi connectivity index (χ3n) is 4.42. The minimum atomic E-state index is -0.979. The van der Waals surface area contributed by atoms with Crippen molar-refractivity contribution in [2.24, 2.45) is 17.8 Å². The Hall–Kier alpha value is -1.26. The average molecular weight is 254 g/mol. The lowest BCUT2D eigenvalue weighted by atomic mass is 9.89. The van der Waals surface area contributed by atoms with Crippen LogP contribution in [0.1, 0.15) is 39.0 Å². The molecule has 0 aromatic heterocycles. The molecule has 0 radical (unpaired) electrons. The van der Waals surface area contributed by atoms with Gasteiger partial charge in [-0.3, -0.25) is 0 Å². The molecule has 0 aliphatic heterocycles. The number of hydrogen-bond donors (Lipinski definition) is 3. The van der Waals surface area contributed by atoms with E-state index in [0.29, 0.717) is 18.9 Å². The Kier molecular flexibility index (Phi) is 4.09. The molecule has 2 fully saturated rings. The Morgan fingerprint density at radius 3 is 2.61 bits per heavy atom. The van der Waals surface area contributed by atoms with Gasteiger partial charge in [-0.25, -0.2) is 9.59 Å². The van der Waals surface area contributed by atoms with E-state index in [0.717, 1.165) is 11.8 Å². The summed E-state index contributed by atoms with van der Waals surface area (Å²) < 4.78 is 0. The van der Waals surface area contributed by atoms with E-state index in [-0.39, 0.29) is 6.03 Å². The highest BCUT2D eigenvalue weighted by molar-refractivity contribution is 5.82. The fraction of sp³-hybridized carbons (Fsp3) is 0.846. The second-order valence-electron chi connectivity index (χ2n) is 5.59. The van der Waals surface area contributed by atoms with Crippen molar-refractivity contribution in [3.8, 4) is 0 Å². The van der Waals surface area contributed by atoms with Crippen molar-refractivity contribution in [1.29, 1.82) is 0 Å². The van der Waals surface area contributed by atoms with E-state index in [1.54, 1.807) is 6.92 Å². The van der Waals surface area contributed by atoms with Crippen LogP contribution in [0.15, 0.2) is 0 Å². The van der Waals surface area contributed by atoms with Gasteiger partial charge in [-0.05, 0) is 43.4 Å². The Morgan fingerprint density at radius 2 is 2.11 bits per heavy atom. The van der Waals surface area contributed by atoms with Gasteiger partial charge in [0.2, 0.25) is 0 Å². The first-order valence-corrected chi connectivity index (χ1v) is 6.87. The van der Waals surface area contributed by atoms with Crippen LogP contribution in [0.25, 0.3) is 0 Å². The summed E-state index contributed by atoms with van der Waals surface area (Å²) in [5.41, 5.74) is 0. The number of carboxylic acid groups (broad SMARTS) is 1. The Labute approximate surface area is 107 Å². The molecule has 4 atom stereocenters. The zero-order chi connectivity index (χ0) is 13.1. The lowest BCUT2D eigenvalue weighted by molar-refractivity contribution is -0.139. The summed E-state index contributed by atoms with van der Waals surface area (Å²) >= 11 is 0. The molecule has 3 N–H and O–H groups in total. The zero-order valence-electron chi connectivity index (χ0n) is 10.8. The fourth-order valence-electron chi connectivity index (χ4n) is 3.40. The van der Waals surface area contributed by atoms with Crippen LogP contribution in [0.3, 0.4) is 0 Å². The summed E-state index contributed by atoms with van der Waals surface area (Å²) in [7, 11) is 0. The molecular weight excluding hydrogens is 232 g/mol. The first kappa shape index (κ1) is 13.2. The summed E-state index contributed by atoms with van der Waals surface area (Å²) in [6.07, 6.45) is 5.59. The molecule has 5 nitrogen and oxygen atoms in total. The summed E-state index contributed by atoms with van der Waals surface area (Å²) in [5, 5.41) is 14.1. The molecule has 3 unspecified atom stereocenters. The van der Waals surface area contributed by atoms with Crippen molar-refractivity contribution in [1.82, 2.24) is 10.6 Å². The van der Waals surface area contributed by atoms with E-state index < -0.39 is 12.0 Å². The maximum absolute atomic E-state index is 11.6. The number of carbonyl (C=O) groups is 2. The number of aliphatic carboxylic acids is 1. The topological polar surface area (TPSA) is 78.4 Å². The molecule has 2 rings (SSSR count). The largest absolute Gasteiger partial charge is 0.480 e. The van der Waals surface area contributed by atoms with Gasteiger partial charge in [0.05, 0.1) is 0 Å². The number of rotatable bonds is 5. The molecule has 0 spiro atoms. The molecule has 2 saturated carbocycles. The normalized spacial score (nSPS) is 31.1. The molecule has 18 heavy (non-hydrogen) atoms. The first-order valence-electron chi connectivity index (χ1n) is 6.87. The highest BCUT2D eigenvalue weighted by Gasteiger charge is 2.39. The van der Waals surface area contributed by atoms with Gasteiger partial charge in [0.25, 0.3) is 0 Å². The van der Waals surface area contributed by atoms with Crippen LogP contribution in [0.4, 0.5) is 4.79 Å². The molecule has 5 heteroatoms. The second-order valence-corrected chi connectivity index (χ2v) is 5.59. The van der Waals surface area contributed by atoms with E-state index in [4.69, 9.17) is 5.11 Å². The number of urea groups is 1. The van der Waals surface area contributed by atoms with Crippen LogP contribution in [0.5, 0.6) is 0 Å². The zero-order valence-corrected chi connectivity index (χ0v) is 10.8. The number of hydrogen-bond acceptors (Lipinski definition) is 2. The highest BCUT2D eigenvalue weighted by atomic mass is 16.4. The minimum absolute atomic E-state index is 0.355. The summed E-state index contributed by atoms with van der Waals surface area (Å²) in [5.74, 6) is 1.26. The van der Waals surface area contributed by atoms with Gasteiger partial charge in [-0.2, -0.15) is 0 Å². The Balaban J connectivity index is 1.70. The van der Waals surface area contributed by atoms with Crippen molar-refractivity contribution in [3.63, 3.8) is 0 Å². The van der Waals surface area contributed by atoms with Gasteiger partial charge in [0.15, 0.2) is 0 Å². The number of carbonyl (C=O) groups excluding carboxylic acids is 1. The van der Waals surface area contributed by atoms with Gasteiger partial charge in [0.1, 0.15) is 6.04 Å². The van der Waals surface area contributed by atoms with E-state index in [1.165, 1.54) is 25.7 Å². The standard InChI is InChI=1S/C13H22N2O3/c1-2-11(12(16)17)15-13(18)14-7-10-6-8-3-4-9(10)5-8/h8-11H,2-7H2,1H3,(H,16,17)(H2,14,15,18)/t8?,9?,10?,11-/m1/s1. The average Bonchev–Trinajstić information content (AvgIpc) is 2.95. The third kappa shape index (κ3) is 2.94. The summed E-state index contributed by atoms with van der Waals surface area (Å²) in [6, 6.07) is -1.14. The smallest absolute Gasteiger partial charge is 0.326 e. The minimum Gasteiger partial charge on any atom is -0.480 e. The van der Waals surface area contributed by atoms with Crippen LogP contribution in [-0.4, -0.2) is 29.7 Å². The molecule has 2 aliphatic rings. The Morgan fingerprint density at radius 1 is 1.33 bits per heavy atom. The lowest BCUT2D eigenvalue weighted by Gasteiger charge is -2.22. The molecule has 0 aromatic carbocycles. The molecule has 2 bridgehead atoms. The molecule has 2 aliphatic carbocycles. The van der Waals surface area contributed by atoms with Gasteiger partial charge in [-0.1, -0.05) is 13.3 Å². The third-order valence-corrected chi connectivity index (χ3v) is 4.42. The van der Waals surface area contributed by atoms with Crippen molar-refractivity contribution in [2.45, 2.75) is 45.1 Å². The van der Waals surface area contributed by atoms with E-state index >= 15 is 0 Å². The highest BCUT2D eigenvalue weighted by Crippen LogP contribution is 2.47. The lowest BCUT2D eigenvalue weighted by Crippen LogP contribution is -2.47. The van der Waals surface area contributed by atoms with Gasteiger partial charge >= 0.3 is 12.0 Å². The fourth-order valence-corrected chi connectivity index (χ4v) is 3.40. The summed E-state index contributed by atoms with van der Waals surface area (Å²) in [4.78, 5) is 22.4. The van der Waals surface area contributed by atoms with Gasteiger partial charge in [0, 0.05) is 6.54 Å². The monoisotopic (exact) mass is 254 g/mol. The number of amides is 2. The van der Waals surface area contributed by atoms with Crippen LogP contribution in [-0.2, 0) is 4.79 Å². The molecule has 0 aromatic rings. The first-order chi connectivity index (χ1) is 8.60. The predicted molar refractivity (Wildman–Crippen MR) is 67.2 cm³/mol. The maximum atomic E-state index is 11.6.